The predicted octanol–water partition coefficient (Wildman–Crippen LogP) is 4.22. The lowest BCUT2D eigenvalue weighted by molar-refractivity contribution is -0.133. The number of hydrogen-bond acceptors (Lipinski definition) is 4. The van der Waals surface area contributed by atoms with E-state index in [1.807, 2.05) is 62.3 Å². The maximum atomic E-state index is 13.7. The van der Waals surface area contributed by atoms with Crippen LogP contribution in [0.5, 0.6) is 0 Å². The van der Waals surface area contributed by atoms with Crippen molar-refractivity contribution in [2.45, 2.75) is 19.4 Å². The molecule has 0 fully saturated rings. The molecule has 1 unspecified atom stereocenters. The van der Waals surface area contributed by atoms with E-state index in [0.717, 1.165) is 5.56 Å². The van der Waals surface area contributed by atoms with Crippen molar-refractivity contribution < 1.29 is 9.18 Å². The van der Waals surface area contributed by atoms with E-state index in [1.165, 1.54) is 16.7 Å². The Morgan fingerprint density at radius 2 is 1.60 bits per heavy atom. The molecule has 0 saturated heterocycles. The summed E-state index contributed by atoms with van der Waals surface area (Å²) in [5.41, 5.74) is 1.72. The summed E-state index contributed by atoms with van der Waals surface area (Å²) in [6.07, 6.45) is 0.243. The molecule has 0 aliphatic heterocycles. The first kappa shape index (κ1) is 24.3. The number of nitrogens with zero attached hydrogens (tertiary/aromatic N) is 4. The van der Waals surface area contributed by atoms with Crippen LogP contribution in [0.1, 0.15) is 24.4 Å². The van der Waals surface area contributed by atoms with Crippen LogP contribution in [0, 0.1) is 5.82 Å². The Balaban J connectivity index is 1.83. The Bertz CT molecular complexity index is 1370. The van der Waals surface area contributed by atoms with Crippen molar-refractivity contribution in [1.82, 2.24) is 19.4 Å². The van der Waals surface area contributed by atoms with Gasteiger partial charge in [0.1, 0.15) is 11.6 Å². The molecule has 4 aromatic rings. The van der Waals surface area contributed by atoms with E-state index in [1.54, 1.807) is 35.2 Å². The average molecular weight is 473 g/mol. The zero-order valence-corrected chi connectivity index (χ0v) is 20.2. The van der Waals surface area contributed by atoms with E-state index in [9.17, 15) is 14.0 Å². The Morgan fingerprint density at radius 1 is 0.943 bits per heavy atom. The van der Waals surface area contributed by atoms with Gasteiger partial charge < -0.3 is 9.80 Å². The standard InChI is InChI=1S/C28H29FN4O2/c1-20(32(18-17-31(2)3)26(34)19-21-9-5-4-6-10-21)27-30-25-12-8-7-11-24(25)28(35)33(27)23-15-13-22(29)14-16-23/h4-16,20H,17-19H2,1-3H3. The molecular formula is C28H29FN4O2. The number of fused-ring (bicyclic) bond motifs is 1. The van der Waals surface area contributed by atoms with Gasteiger partial charge in [0.05, 0.1) is 29.1 Å². The highest BCUT2D eigenvalue weighted by atomic mass is 19.1. The molecule has 7 heteroatoms. The third-order valence-electron chi connectivity index (χ3n) is 6.03. The van der Waals surface area contributed by atoms with Crippen LogP contribution in [0.2, 0.25) is 0 Å². The van der Waals surface area contributed by atoms with Crippen molar-refractivity contribution in [2.75, 3.05) is 27.2 Å². The summed E-state index contributed by atoms with van der Waals surface area (Å²) in [6, 6.07) is 22.0. The van der Waals surface area contributed by atoms with Crippen LogP contribution in [-0.4, -0.2) is 52.4 Å². The van der Waals surface area contributed by atoms with Gasteiger partial charge in [0.2, 0.25) is 5.91 Å². The topological polar surface area (TPSA) is 58.4 Å². The van der Waals surface area contributed by atoms with Gasteiger partial charge in [-0.3, -0.25) is 14.2 Å². The lowest BCUT2D eigenvalue weighted by Gasteiger charge is -2.31. The highest BCUT2D eigenvalue weighted by Gasteiger charge is 2.27. The average Bonchev–Trinajstić information content (AvgIpc) is 2.85. The van der Waals surface area contributed by atoms with Crippen molar-refractivity contribution in [3.8, 4) is 5.69 Å². The van der Waals surface area contributed by atoms with Crippen LogP contribution in [-0.2, 0) is 11.2 Å². The quantitative estimate of drug-likeness (QED) is 0.385. The molecule has 0 aliphatic carbocycles. The number of carbonyl (C=O) groups is 1. The molecule has 1 heterocycles. The lowest BCUT2D eigenvalue weighted by Crippen LogP contribution is -2.41. The van der Waals surface area contributed by atoms with Gasteiger partial charge in [-0.2, -0.15) is 0 Å². The largest absolute Gasteiger partial charge is 0.331 e. The van der Waals surface area contributed by atoms with Crippen LogP contribution >= 0.6 is 0 Å². The fraction of sp³-hybridized carbons (Fsp3) is 0.250. The number of amides is 1. The third kappa shape index (κ3) is 5.46. The predicted molar refractivity (Wildman–Crippen MR) is 136 cm³/mol. The smallest absolute Gasteiger partial charge is 0.266 e. The van der Waals surface area contributed by atoms with Gasteiger partial charge in [-0.25, -0.2) is 9.37 Å². The molecule has 0 aliphatic rings. The monoisotopic (exact) mass is 472 g/mol. The number of carbonyl (C=O) groups excluding carboxylic acids is 1. The number of halogens is 1. The van der Waals surface area contributed by atoms with E-state index in [2.05, 4.69) is 0 Å². The highest BCUT2D eigenvalue weighted by molar-refractivity contribution is 5.80. The first-order chi connectivity index (χ1) is 16.8. The number of hydrogen-bond donors (Lipinski definition) is 0. The second kappa shape index (κ2) is 10.6. The third-order valence-corrected chi connectivity index (χ3v) is 6.03. The van der Waals surface area contributed by atoms with Gasteiger partial charge >= 0.3 is 0 Å². The normalized spacial score (nSPS) is 12.1. The van der Waals surface area contributed by atoms with Crippen LogP contribution in [0.3, 0.4) is 0 Å². The summed E-state index contributed by atoms with van der Waals surface area (Å²) in [6.45, 7) is 3.00. The number of para-hydroxylation sites is 1. The first-order valence-electron chi connectivity index (χ1n) is 11.6. The highest BCUT2D eigenvalue weighted by Crippen LogP contribution is 2.24. The number of rotatable bonds is 8. The molecule has 0 radical (unpaired) electrons. The molecule has 35 heavy (non-hydrogen) atoms. The SMILES string of the molecule is CC(c1nc2ccccc2c(=O)n1-c1ccc(F)cc1)N(CCN(C)C)C(=O)Cc1ccccc1. The van der Waals surface area contributed by atoms with E-state index in [0.29, 0.717) is 35.5 Å². The minimum Gasteiger partial charge on any atom is -0.331 e. The van der Waals surface area contributed by atoms with Gasteiger partial charge in [0, 0.05) is 13.1 Å². The Hall–Kier alpha value is -3.84. The maximum absolute atomic E-state index is 13.7. The minimum atomic E-state index is -0.506. The molecule has 1 amide bonds. The van der Waals surface area contributed by atoms with Crippen molar-refractivity contribution >= 4 is 16.8 Å². The van der Waals surface area contributed by atoms with Crippen LogP contribution in [0.15, 0.2) is 83.7 Å². The van der Waals surface area contributed by atoms with Crippen molar-refractivity contribution in [3.05, 3.63) is 106 Å². The Labute approximate surface area is 204 Å². The molecule has 6 nitrogen and oxygen atoms in total. The van der Waals surface area contributed by atoms with Crippen LogP contribution in [0.25, 0.3) is 16.6 Å². The molecule has 180 valence electrons. The van der Waals surface area contributed by atoms with Crippen molar-refractivity contribution in [2.24, 2.45) is 0 Å². The summed E-state index contributed by atoms with van der Waals surface area (Å²) in [4.78, 5) is 35.7. The molecule has 4 rings (SSSR count). The van der Waals surface area contributed by atoms with Crippen LogP contribution in [0.4, 0.5) is 4.39 Å². The van der Waals surface area contributed by atoms with Gasteiger partial charge in [-0.15, -0.1) is 0 Å². The minimum absolute atomic E-state index is 0.0568. The zero-order chi connectivity index (χ0) is 24.9. The van der Waals surface area contributed by atoms with E-state index in [4.69, 9.17) is 4.98 Å². The molecule has 0 bridgehead atoms. The van der Waals surface area contributed by atoms with Gasteiger partial charge in [-0.05, 0) is 63.0 Å². The summed E-state index contributed by atoms with van der Waals surface area (Å²) in [7, 11) is 3.90. The van der Waals surface area contributed by atoms with Gasteiger partial charge in [0.25, 0.3) is 5.56 Å². The van der Waals surface area contributed by atoms with Crippen molar-refractivity contribution in [3.63, 3.8) is 0 Å². The summed E-state index contributed by atoms with van der Waals surface area (Å²) < 4.78 is 15.2. The fourth-order valence-corrected chi connectivity index (χ4v) is 4.12. The van der Waals surface area contributed by atoms with E-state index >= 15 is 0 Å². The Morgan fingerprint density at radius 3 is 2.29 bits per heavy atom. The number of likely N-dealkylation sites (N-methyl/N-ethyl adjacent to an activating group) is 1. The van der Waals surface area contributed by atoms with E-state index < -0.39 is 11.9 Å². The zero-order valence-electron chi connectivity index (χ0n) is 20.2. The molecule has 0 spiro atoms. The fourth-order valence-electron chi connectivity index (χ4n) is 4.12. The number of aromatic nitrogens is 2. The molecule has 1 aromatic heterocycles. The first-order valence-corrected chi connectivity index (χ1v) is 11.6. The lowest BCUT2D eigenvalue weighted by atomic mass is 10.1. The van der Waals surface area contributed by atoms with Gasteiger partial charge in [-0.1, -0.05) is 42.5 Å². The molecule has 0 saturated carbocycles. The second-order valence-corrected chi connectivity index (χ2v) is 8.83. The summed E-state index contributed by atoms with van der Waals surface area (Å²) in [5, 5.41) is 0.461. The second-order valence-electron chi connectivity index (χ2n) is 8.83. The van der Waals surface area contributed by atoms with Crippen molar-refractivity contribution in [1.29, 1.82) is 0 Å². The van der Waals surface area contributed by atoms with E-state index in [-0.39, 0.29) is 17.9 Å². The molecule has 3 aromatic carbocycles. The summed E-state index contributed by atoms with van der Waals surface area (Å²) >= 11 is 0. The Kier molecular flexibility index (Phi) is 7.36. The number of benzene rings is 3. The summed E-state index contributed by atoms with van der Waals surface area (Å²) in [5.74, 6) is -0.0186. The van der Waals surface area contributed by atoms with Gasteiger partial charge in [0.15, 0.2) is 0 Å². The van der Waals surface area contributed by atoms with Crippen LogP contribution < -0.4 is 5.56 Å². The molecular weight excluding hydrogens is 443 g/mol. The maximum Gasteiger partial charge on any atom is 0.266 e. The molecule has 0 N–H and O–H groups in total. The molecule has 1 atom stereocenters.